The van der Waals surface area contributed by atoms with Crippen molar-refractivity contribution in [2.75, 3.05) is 0 Å². The van der Waals surface area contributed by atoms with Gasteiger partial charge < -0.3 is 5.11 Å². The Balaban J connectivity index is 0.00000191. The number of carbonyl (C=O) groups is 1. The van der Waals surface area contributed by atoms with Crippen molar-refractivity contribution >= 4 is 11.5 Å². The van der Waals surface area contributed by atoms with Gasteiger partial charge in [-0.15, -0.1) is 0 Å². The van der Waals surface area contributed by atoms with Gasteiger partial charge >= 0.3 is 0 Å². The standard InChI is InChI=1S/C16H17NO2.C2H6/c1-4-7-14(18)13(5-2)16(19)15-11(3)8-6-9-12(15)10-17;1-2/h5-6,8-9,19H,2,4,7H2,1,3H3;1-2H3/b16-13-;. The highest BCUT2D eigenvalue weighted by atomic mass is 16.3. The topological polar surface area (TPSA) is 61.1 Å². The summed E-state index contributed by atoms with van der Waals surface area (Å²) in [6.07, 6.45) is 2.39. The molecular weight excluding hydrogens is 262 g/mol. The lowest BCUT2D eigenvalue weighted by Crippen LogP contribution is -2.05. The summed E-state index contributed by atoms with van der Waals surface area (Å²) >= 11 is 0. The van der Waals surface area contributed by atoms with Gasteiger partial charge in [0.25, 0.3) is 0 Å². The number of nitrogens with zero attached hydrogens (tertiary/aromatic N) is 1. The lowest BCUT2D eigenvalue weighted by molar-refractivity contribution is -0.115. The second-order valence-corrected chi connectivity index (χ2v) is 4.25. The Morgan fingerprint density at radius 2 is 2.05 bits per heavy atom. The number of allylic oxidation sites excluding steroid dienone is 2. The molecule has 0 saturated carbocycles. The number of nitriles is 1. The lowest BCUT2D eigenvalue weighted by atomic mass is 9.95. The molecule has 0 amide bonds. The number of Topliss-reactive ketones (excluding diaryl/α,β-unsaturated/α-hetero) is 1. The van der Waals surface area contributed by atoms with Crippen LogP contribution < -0.4 is 0 Å². The monoisotopic (exact) mass is 285 g/mol. The van der Waals surface area contributed by atoms with Gasteiger partial charge in [0.05, 0.1) is 17.2 Å². The molecule has 0 radical (unpaired) electrons. The zero-order valence-electron chi connectivity index (χ0n) is 13.2. The smallest absolute Gasteiger partial charge is 0.166 e. The van der Waals surface area contributed by atoms with E-state index in [1.807, 2.05) is 26.8 Å². The first-order chi connectivity index (χ1) is 10.1. The summed E-state index contributed by atoms with van der Waals surface area (Å²) < 4.78 is 0. The molecule has 112 valence electrons. The first-order valence-electron chi connectivity index (χ1n) is 7.15. The van der Waals surface area contributed by atoms with Gasteiger partial charge in [0.1, 0.15) is 5.76 Å². The van der Waals surface area contributed by atoms with E-state index in [1.54, 1.807) is 25.1 Å². The van der Waals surface area contributed by atoms with E-state index >= 15 is 0 Å². The molecule has 0 aliphatic rings. The van der Waals surface area contributed by atoms with Crippen molar-refractivity contribution in [2.45, 2.75) is 40.5 Å². The van der Waals surface area contributed by atoms with Crippen LogP contribution in [0.15, 0.2) is 36.4 Å². The van der Waals surface area contributed by atoms with Gasteiger partial charge in [-0.1, -0.05) is 45.6 Å². The molecule has 1 rings (SSSR count). The zero-order valence-corrected chi connectivity index (χ0v) is 13.2. The fourth-order valence-corrected chi connectivity index (χ4v) is 1.91. The predicted octanol–water partition coefficient (Wildman–Crippen LogP) is 4.72. The lowest BCUT2D eigenvalue weighted by Gasteiger charge is -2.10. The quantitative estimate of drug-likeness (QED) is 0.484. The minimum Gasteiger partial charge on any atom is -0.507 e. The van der Waals surface area contributed by atoms with Gasteiger partial charge in [0, 0.05) is 12.0 Å². The molecule has 3 heteroatoms. The van der Waals surface area contributed by atoms with Crippen molar-refractivity contribution in [1.29, 1.82) is 5.26 Å². The summed E-state index contributed by atoms with van der Waals surface area (Å²) in [5, 5.41) is 19.4. The van der Waals surface area contributed by atoms with E-state index in [-0.39, 0.29) is 17.1 Å². The van der Waals surface area contributed by atoms with E-state index in [9.17, 15) is 9.90 Å². The van der Waals surface area contributed by atoms with Crippen LogP contribution in [0.2, 0.25) is 0 Å². The van der Waals surface area contributed by atoms with Crippen molar-refractivity contribution in [2.24, 2.45) is 0 Å². The SMILES string of the molecule is C=C/C(C(=O)CCC)=C(/O)c1c(C)cccc1C#N.CC. The number of hydrogen-bond acceptors (Lipinski definition) is 3. The van der Waals surface area contributed by atoms with E-state index in [4.69, 9.17) is 5.26 Å². The highest BCUT2D eigenvalue weighted by Crippen LogP contribution is 2.25. The van der Waals surface area contributed by atoms with Crippen LogP contribution in [0.3, 0.4) is 0 Å². The first-order valence-corrected chi connectivity index (χ1v) is 7.15. The second kappa shape index (κ2) is 9.55. The maximum absolute atomic E-state index is 11.9. The summed E-state index contributed by atoms with van der Waals surface area (Å²) in [6, 6.07) is 7.17. The molecule has 0 aliphatic heterocycles. The fraction of sp³-hybridized carbons (Fsp3) is 0.333. The number of hydrogen-bond donors (Lipinski definition) is 1. The Labute approximate surface area is 127 Å². The molecule has 1 aromatic rings. The average molecular weight is 285 g/mol. The normalized spacial score (nSPS) is 10.6. The van der Waals surface area contributed by atoms with Crippen molar-refractivity contribution in [3.05, 3.63) is 53.1 Å². The molecule has 0 spiro atoms. The van der Waals surface area contributed by atoms with E-state index in [2.05, 4.69) is 6.58 Å². The summed E-state index contributed by atoms with van der Waals surface area (Å²) in [5.41, 5.74) is 1.68. The Morgan fingerprint density at radius 1 is 1.43 bits per heavy atom. The Morgan fingerprint density at radius 3 is 2.52 bits per heavy atom. The van der Waals surface area contributed by atoms with Gasteiger partial charge in [-0.05, 0) is 25.0 Å². The molecular formula is C18H23NO2. The predicted molar refractivity (Wildman–Crippen MR) is 86.9 cm³/mol. The number of ketones is 1. The summed E-state index contributed by atoms with van der Waals surface area (Å²) in [5.74, 6) is -0.328. The molecule has 0 fully saturated rings. The van der Waals surface area contributed by atoms with Crippen molar-refractivity contribution in [3.8, 4) is 6.07 Å². The van der Waals surface area contributed by atoms with E-state index in [0.29, 0.717) is 24.0 Å². The van der Waals surface area contributed by atoms with Crippen LogP contribution in [0, 0.1) is 18.3 Å². The number of aliphatic hydroxyl groups excluding tert-OH is 1. The summed E-state index contributed by atoms with van der Waals surface area (Å²) in [7, 11) is 0. The minimum absolute atomic E-state index is 0.164. The van der Waals surface area contributed by atoms with Crippen LogP contribution in [0.1, 0.15) is 50.3 Å². The number of benzene rings is 1. The molecule has 21 heavy (non-hydrogen) atoms. The van der Waals surface area contributed by atoms with Gasteiger partial charge in [0.15, 0.2) is 5.78 Å². The van der Waals surface area contributed by atoms with Gasteiger partial charge in [-0.2, -0.15) is 5.26 Å². The van der Waals surface area contributed by atoms with Gasteiger partial charge in [-0.3, -0.25) is 4.79 Å². The van der Waals surface area contributed by atoms with Gasteiger partial charge in [-0.25, -0.2) is 0 Å². The molecule has 0 unspecified atom stereocenters. The molecule has 1 aromatic carbocycles. The molecule has 1 N–H and O–H groups in total. The number of rotatable bonds is 5. The van der Waals surface area contributed by atoms with Crippen LogP contribution in [0.4, 0.5) is 0 Å². The largest absolute Gasteiger partial charge is 0.507 e. The Kier molecular flexibility index (Phi) is 8.48. The molecule has 0 aromatic heterocycles. The van der Waals surface area contributed by atoms with Crippen LogP contribution >= 0.6 is 0 Å². The van der Waals surface area contributed by atoms with E-state index in [1.165, 1.54) is 6.08 Å². The van der Waals surface area contributed by atoms with Crippen molar-refractivity contribution < 1.29 is 9.90 Å². The Bertz CT molecular complexity index is 577. The zero-order chi connectivity index (χ0) is 16.4. The van der Waals surface area contributed by atoms with E-state index in [0.717, 1.165) is 5.56 Å². The molecule has 0 saturated heterocycles. The minimum atomic E-state index is -0.165. The number of aryl methyl sites for hydroxylation is 1. The second-order valence-electron chi connectivity index (χ2n) is 4.25. The molecule has 3 nitrogen and oxygen atoms in total. The number of aliphatic hydroxyl groups is 1. The maximum atomic E-state index is 11.9. The fourth-order valence-electron chi connectivity index (χ4n) is 1.91. The highest BCUT2D eigenvalue weighted by Gasteiger charge is 2.17. The summed E-state index contributed by atoms with van der Waals surface area (Å²) in [6.45, 7) is 11.3. The van der Waals surface area contributed by atoms with Crippen LogP contribution in [-0.2, 0) is 4.79 Å². The van der Waals surface area contributed by atoms with E-state index < -0.39 is 0 Å². The first kappa shape index (κ1) is 18.7. The molecule has 0 heterocycles. The molecule has 0 aliphatic carbocycles. The average Bonchev–Trinajstić information content (AvgIpc) is 2.49. The Hall–Kier alpha value is -2.34. The molecule has 0 bridgehead atoms. The van der Waals surface area contributed by atoms with Crippen LogP contribution in [-0.4, -0.2) is 10.9 Å². The van der Waals surface area contributed by atoms with Crippen molar-refractivity contribution in [3.63, 3.8) is 0 Å². The highest BCUT2D eigenvalue weighted by molar-refractivity contribution is 6.04. The third-order valence-electron chi connectivity index (χ3n) is 2.87. The third-order valence-corrected chi connectivity index (χ3v) is 2.87. The maximum Gasteiger partial charge on any atom is 0.166 e. The van der Waals surface area contributed by atoms with Gasteiger partial charge in [0.2, 0.25) is 0 Å². The summed E-state index contributed by atoms with van der Waals surface area (Å²) in [4.78, 5) is 11.9. The van der Waals surface area contributed by atoms with Crippen LogP contribution in [0.5, 0.6) is 0 Å². The van der Waals surface area contributed by atoms with Crippen molar-refractivity contribution in [1.82, 2.24) is 0 Å². The number of carbonyl (C=O) groups excluding carboxylic acids is 1. The molecule has 0 atom stereocenters. The van der Waals surface area contributed by atoms with Crippen LogP contribution in [0.25, 0.3) is 5.76 Å². The third kappa shape index (κ3) is 4.61.